The van der Waals surface area contributed by atoms with Gasteiger partial charge in [0.25, 0.3) is 0 Å². The molecule has 4 atom stereocenters. The molecule has 0 aromatic heterocycles. The molecule has 29 heavy (non-hydrogen) atoms. The fourth-order valence-corrected chi connectivity index (χ4v) is 4.88. The minimum Gasteiger partial charge on any atom is -0.493 e. The molecule has 1 aliphatic carbocycles. The number of likely N-dealkylation sites (N-methyl/N-ethyl adjacent to an activating group) is 1. The zero-order chi connectivity index (χ0) is 20.5. The third-order valence-corrected chi connectivity index (χ3v) is 6.20. The summed E-state index contributed by atoms with van der Waals surface area (Å²) in [5.74, 6) is 2.44. The molecule has 0 saturated carbocycles. The number of nitrogens with zero attached hydrogens (tertiary/aromatic N) is 1. The third-order valence-electron chi connectivity index (χ3n) is 6.20. The van der Waals surface area contributed by atoms with E-state index >= 15 is 0 Å². The summed E-state index contributed by atoms with van der Waals surface area (Å²) in [7, 11) is 9.33. The summed E-state index contributed by atoms with van der Waals surface area (Å²) in [5, 5.41) is 3.95. The highest BCUT2D eigenvalue weighted by Crippen LogP contribution is 2.52. The second kappa shape index (κ2) is 8.09. The van der Waals surface area contributed by atoms with Crippen LogP contribution >= 0.6 is 0 Å². The van der Waals surface area contributed by atoms with Crippen molar-refractivity contribution in [3.63, 3.8) is 0 Å². The average molecular weight is 395 g/mol. The predicted molar refractivity (Wildman–Crippen MR) is 115 cm³/mol. The molecule has 0 bridgehead atoms. The van der Waals surface area contributed by atoms with Crippen molar-refractivity contribution in [2.45, 2.75) is 30.5 Å². The maximum absolute atomic E-state index is 5.91. The first-order valence-corrected chi connectivity index (χ1v) is 10.1. The Hall–Kier alpha value is -2.50. The van der Waals surface area contributed by atoms with Gasteiger partial charge in [0.2, 0.25) is 5.75 Å². The highest BCUT2D eigenvalue weighted by atomic mass is 16.5. The monoisotopic (exact) mass is 394 g/mol. The van der Waals surface area contributed by atoms with E-state index in [9.17, 15) is 0 Å². The second-order valence-electron chi connectivity index (χ2n) is 7.91. The minimum atomic E-state index is 0.0103. The Morgan fingerprint density at radius 3 is 2.31 bits per heavy atom. The van der Waals surface area contributed by atoms with E-state index in [0.717, 1.165) is 17.7 Å². The van der Waals surface area contributed by atoms with Crippen molar-refractivity contribution < 1.29 is 14.2 Å². The molecule has 1 N–H and O–H groups in total. The van der Waals surface area contributed by atoms with Gasteiger partial charge < -0.3 is 24.4 Å². The van der Waals surface area contributed by atoms with E-state index in [0.29, 0.717) is 23.5 Å². The first-order valence-electron chi connectivity index (χ1n) is 10.1. The van der Waals surface area contributed by atoms with Crippen LogP contribution in [0, 0.1) is 0 Å². The highest BCUT2D eigenvalue weighted by Gasteiger charge is 2.43. The van der Waals surface area contributed by atoms with Crippen molar-refractivity contribution in [2.75, 3.05) is 35.4 Å². The lowest BCUT2D eigenvalue weighted by atomic mass is 9.72. The molecule has 154 valence electrons. The first kappa shape index (κ1) is 19.8. The quantitative estimate of drug-likeness (QED) is 0.783. The molecule has 0 radical (unpaired) electrons. The number of benzene rings is 2. The summed E-state index contributed by atoms with van der Waals surface area (Å²) in [6.45, 7) is 0. The molecule has 2 unspecified atom stereocenters. The summed E-state index contributed by atoms with van der Waals surface area (Å²) in [5.41, 5.74) is 3.63. The number of allylic oxidation sites excluding steroid dienone is 1. The van der Waals surface area contributed by atoms with Crippen LogP contribution < -0.4 is 19.5 Å². The van der Waals surface area contributed by atoms with Gasteiger partial charge in [-0.3, -0.25) is 0 Å². The summed E-state index contributed by atoms with van der Waals surface area (Å²) >= 11 is 0. The number of rotatable bonds is 5. The molecule has 5 heteroatoms. The third kappa shape index (κ3) is 3.28. The lowest BCUT2D eigenvalue weighted by Crippen LogP contribution is -2.54. The maximum Gasteiger partial charge on any atom is 0.203 e. The van der Waals surface area contributed by atoms with Gasteiger partial charge in [-0.15, -0.1) is 0 Å². The van der Waals surface area contributed by atoms with E-state index in [2.05, 4.69) is 66.8 Å². The fraction of sp³-hybridized carbons (Fsp3) is 0.417. The van der Waals surface area contributed by atoms with Crippen LogP contribution in [0.4, 0.5) is 0 Å². The molecule has 5 nitrogen and oxygen atoms in total. The number of hydrogen-bond donors (Lipinski definition) is 1. The molecule has 0 amide bonds. The van der Waals surface area contributed by atoms with Gasteiger partial charge in [-0.25, -0.2) is 0 Å². The van der Waals surface area contributed by atoms with Gasteiger partial charge in [-0.2, -0.15) is 0 Å². The molecule has 2 aliphatic rings. The number of ether oxygens (including phenoxy) is 3. The van der Waals surface area contributed by atoms with Crippen molar-refractivity contribution >= 4 is 0 Å². The zero-order valence-corrected chi connectivity index (χ0v) is 17.8. The van der Waals surface area contributed by atoms with Gasteiger partial charge in [0.1, 0.15) is 0 Å². The van der Waals surface area contributed by atoms with Crippen LogP contribution in [0.2, 0.25) is 0 Å². The topological polar surface area (TPSA) is 43.0 Å². The zero-order valence-electron chi connectivity index (χ0n) is 17.8. The smallest absolute Gasteiger partial charge is 0.203 e. The SMILES string of the molecule is COc1cc2c(c(OC)c1OC)C(c1ccccc1)NC1[C@H]2CC=C[C@@H]1N(C)C. The standard InChI is InChI=1S/C24H30N2O3/c1-26(2)18-13-9-12-16-17-14-19(27-3)23(28-4)24(29-5)20(17)21(25-22(16)18)15-10-7-6-8-11-15/h6-11,13-14,16,18,21-22,25H,12H2,1-5H3/t16-,18-,21?,22?/m0/s1. The molecule has 0 fully saturated rings. The fourth-order valence-electron chi connectivity index (χ4n) is 4.88. The van der Waals surface area contributed by atoms with Crippen LogP contribution in [0.15, 0.2) is 48.6 Å². The maximum atomic E-state index is 5.91. The predicted octanol–water partition coefficient (Wildman–Crippen LogP) is 3.75. The largest absolute Gasteiger partial charge is 0.493 e. The van der Waals surface area contributed by atoms with Crippen LogP contribution in [0.25, 0.3) is 0 Å². The molecular formula is C24H30N2O3. The van der Waals surface area contributed by atoms with E-state index < -0.39 is 0 Å². The Labute approximate surface area is 173 Å². The Morgan fingerprint density at radius 1 is 0.966 bits per heavy atom. The van der Waals surface area contributed by atoms with Gasteiger partial charge >= 0.3 is 0 Å². The number of methoxy groups -OCH3 is 3. The summed E-state index contributed by atoms with van der Waals surface area (Å²) in [6, 6.07) is 13.3. The van der Waals surface area contributed by atoms with E-state index in [4.69, 9.17) is 14.2 Å². The molecule has 0 spiro atoms. The molecule has 2 aromatic carbocycles. The lowest BCUT2D eigenvalue weighted by Gasteiger charge is -2.46. The van der Waals surface area contributed by atoms with Gasteiger partial charge in [0, 0.05) is 23.6 Å². The van der Waals surface area contributed by atoms with Gasteiger partial charge in [-0.1, -0.05) is 42.5 Å². The molecule has 1 heterocycles. The van der Waals surface area contributed by atoms with Crippen molar-refractivity contribution in [3.05, 3.63) is 65.2 Å². The van der Waals surface area contributed by atoms with Crippen LogP contribution in [-0.2, 0) is 0 Å². The Bertz CT molecular complexity index is 895. The van der Waals surface area contributed by atoms with Crippen molar-refractivity contribution in [1.29, 1.82) is 0 Å². The van der Waals surface area contributed by atoms with E-state index in [-0.39, 0.29) is 12.1 Å². The number of hydrogen-bond acceptors (Lipinski definition) is 5. The van der Waals surface area contributed by atoms with E-state index in [1.807, 2.05) is 6.07 Å². The van der Waals surface area contributed by atoms with Crippen LogP contribution in [0.5, 0.6) is 17.2 Å². The molecule has 4 rings (SSSR count). The Balaban J connectivity index is 1.97. The first-order chi connectivity index (χ1) is 14.1. The summed E-state index contributed by atoms with van der Waals surface area (Å²) < 4.78 is 17.3. The van der Waals surface area contributed by atoms with Crippen LogP contribution in [0.3, 0.4) is 0 Å². The molecule has 1 aliphatic heterocycles. The minimum absolute atomic E-state index is 0.0103. The van der Waals surface area contributed by atoms with Gasteiger partial charge in [-0.05, 0) is 37.7 Å². The van der Waals surface area contributed by atoms with Crippen molar-refractivity contribution in [3.8, 4) is 17.2 Å². The van der Waals surface area contributed by atoms with E-state index in [1.165, 1.54) is 11.1 Å². The van der Waals surface area contributed by atoms with Crippen LogP contribution in [0.1, 0.15) is 35.1 Å². The summed E-state index contributed by atoms with van der Waals surface area (Å²) in [4.78, 5) is 2.28. The Morgan fingerprint density at radius 2 is 1.69 bits per heavy atom. The number of nitrogens with one attached hydrogen (secondary N) is 1. The summed E-state index contributed by atoms with van der Waals surface area (Å²) in [6.07, 6.45) is 5.59. The molecule has 0 saturated heterocycles. The normalized spacial score (nSPS) is 25.3. The molecular weight excluding hydrogens is 364 g/mol. The second-order valence-corrected chi connectivity index (χ2v) is 7.91. The van der Waals surface area contributed by atoms with Crippen molar-refractivity contribution in [1.82, 2.24) is 10.2 Å². The van der Waals surface area contributed by atoms with E-state index in [1.54, 1.807) is 21.3 Å². The van der Waals surface area contributed by atoms with Gasteiger partial charge in [0.15, 0.2) is 11.5 Å². The van der Waals surface area contributed by atoms with Gasteiger partial charge in [0.05, 0.1) is 27.4 Å². The van der Waals surface area contributed by atoms with Crippen LogP contribution in [-0.4, -0.2) is 52.4 Å². The van der Waals surface area contributed by atoms with Crippen molar-refractivity contribution in [2.24, 2.45) is 0 Å². The molecule has 2 aromatic rings. The highest BCUT2D eigenvalue weighted by molar-refractivity contribution is 5.64. The Kier molecular flexibility index (Phi) is 5.52. The lowest BCUT2D eigenvalue weighted by molar-refractivity contribution is 0.214. The number of fused-ring (bicyclic) bond motifs is 3. The average Bonchev–Trinajstić information content (AvgIpc) is 2.76.